The molecule has 0 unspecified atom stereocenters. The van der Waals surface area contributed by atoms with Gasteiger partial charge in [-0.15, -0.1) is 0 Å². The first kappa shape index (κ1) is 12.8. The normalized spacial score (nSPS) is 10.9. The topological polar surface area (TPSA) is 25.8 Å². The van der Waals surface area contributed by atoms with E-state index < -0.39 is 12.2 Å². The van der Waals surface area contributed by atoms with E-state index in [0.717, 1.165) is 6.07 Å². The molecular weight excluding hydrogens is 265 g/mol. The number of alkyl halides is 2. The van der Waals surface area contributed by atoms with E-state index in [9.17, 15) is 13.2 Å². The van der Waals surface area contributed by atoms with Crippen molar-refractivity contribution in [2.45, 2.75) is 12.8 Å². The maximum atomic E-state index is 13.2. The molecule has 0 N–H and O–H groups in total. The first-order valence-corrected chi connectivity index (χ1v) is 5.46. The average molecular weight is 273 g/mol. The van der Waals surface area contributed by atoms with Crippen LogP contribution in [0, 0.1) is 5.82 Å². The van der Waals surface area contributed by atoms with Crippen LogP contribution in [0.1, 0.15) is 23.2 Å². The first-order valence-electron chi connectivity index (χ1n) is 5.08. The van der Waals surface area contributed by atoms with Crippen molar-refractivity contribution in [2.75, 3.05) is 0 Å². The molecule has 1 aromatic heterocycles. The average Bonchev–Trinajstić information content (AvgIpc) is 2.28. The highest BCUT2D eigenvalue weighted by atomic mass is 35.5. The highest BCUT2D eigenvalue weighted by molar-refractivity contribution is 6.29. The molecule has 1 aromatic carbocycles. The lowest BCUT2D eigenvalue weighted by atomic mass is 10.1. The van der Waals surface area contributed by atoms with E-state index >= 15 is 0 Å². The Labute approximate surface area is 106 Å². The van der Waals surface area contributed by atoms with Gasteiger partial charge in [0.05, 0.1) is 0 Å². The maximum absolute atomic E-state index is 13.2. The van der Waals surface area contributed by atoms with Gasteiger partial charge in [0.1, 0.15) is 17.3 Å². The van der Waals surface area contributed by atoms with Crippen LogP contribution in [-0.2, 0) is 6.42 Å². The Balaban J connectivity index is 2.29. The summed E-state index contributed by atoms with van der Waals surface area (Å²) in [6.07, 6.45) is -1.21. The van der Waals surface area contributed by atoms with Crippen molar-refractivity contribution in [1.29, 1.82) is 0 Å². The standard InChI is InChI=1S/C12H8ClF3N2/c13-11-5-10(17-6-18-11)3-7-1-8(12(15)16)4-9(14)2-7/h1-2,4-6,12H,3H2. The fourth-order valence-electron chi connectivity index (χ4n) is 1.58. The predicted molar refractivity (Wildman–Crippen MR) is 61.2 cm³/mol. The number of rotatable bonds is 3. The molecule has 0 bridgehead atoms. The molecule has 2 nitrogen and oxygen atoms in total. The number of aromatic nitrogens is 2. The van der Waals surface area contributed by atoms with Gasteiger partial charge in [-0.1, -0.05) is 11.6 Å². The second-order valence-corrected chi connectivity index (χ2v) is 4.09. The minimum Gasteiger partial charge on any atom is -0.241 e. The van der Waals surface area contributed by atoms with E-state index in [4.69, 9.17) is 11.6 Å². The second-order valence-electron chi connectivity index (χ2n) is 3.70. The highest BCUT2D eigenvalue weighted by Crippen LogP contribution is 2.22. The molecule has 0 amide bonds. The summed E-state index contributed by atoms with van der Waals surface area (Å²) in [5.41, 5.74) is 0.617. The zero-order chi connectivity index (χ0) is 13.1. The smallest absolute Gasteiger partial charge is 0.241 e. The lowest BCUT2D eigenvalue weighted by molar-refractivity contribution is 0.151. The Morgan fingerprint density at radius 2 is 1.89 bits per heavy atom. The monoisotopic (exact) mass is 272 g/mol. The van der Waals surface area contributed by atoms with Crippen molar-refractivity contribution in [3.05, 3.63) is 58.4 Å². The summed E-state index contributed by atoms with van der Waals surface area (Å²) >= 11 is 5.68. The summed E-state index contributed by atoms with van der Waals surface area (Å²) < 4.78 is 38.2. The Kier molecular flexibility index (Phi) is 3.81. The third-order valence-corrected chi connectivity index (χ3v) is 2.51. The van der Waals surface area contributed by atoms with Crippen molar-refractivity contribution in [1.82, 2.24) is 9.97 Å². The van der Waals surface area contributed by atoms with E-state index in [1.54, 1.807) is 0 Å². The van der Waals surface area contributed by atoms with Gasteiger partial charge in [0, 0.05) is 17.7 Å². The second kappa shape index (κ2) is 5.35. The van der Waals surface area contributed by atoms with Crippen molar-refractivity contribution >= 4 is 11.6 Å². The molecule has 0 atom stereocenters. The summed E-state index contributed by atoms with van der Waals surface area (Å²) in [4.78, 5) is 7.64. The van der Waals surface area contributed by atoms with E-state index in [1.807, 2.05) is 0 Å². The number of benzene rings is 1. The molecule has 0 radical (unpaired) electrons. The van der Waals surface area contributed by atoms with Crippen molar-refractivity contribution < 1.29 is 13.2 Å². The largest absolute Gasteiger partial charge is 0.263 e. The predicted octanol–water partition coefficient (Wildman–Crippen LogP) is 3.80. The molecular formula is C12H8ClF3N2. The van der Waals surface area contributed by atoms with Gasteiger partial charge in [0.2, 0.25) is 0 Å². The van der Waals surface area contributed by atoms with E-state index in [0.29, 0.717) is 11.3 Å². The fraction of sp³-hybridized carbons (Fsp3) is 0.167. The lowest BCUT2D eigenvalue weighted by Gasteiger charge is -2.05. The van der Waals surface area contributed by atoms with Gasteiger partial charge in [0.25, 0.3) is 6.43 Å². The van der Waals surface area contributed by atoms with Crippen LogP contribution in [0.2, 0.25) is 5.15 Å². The third-order valence-electron chi connectivity index (χ3n) is 2.31. The summed E-state index contributed by atoms with van der Waals surface area (Å²) in [7, 11) is 0. The summed E-state index contributed by atoms with van der Waals surface area (Å²) in [5.74, 6) is -0.692. The summed E-state index contributed by atoms with van der Waals surface area (Å²) in [6.45, 7) is 0. The lowest BCUT2D eigenvalue weighted by Crippen LogP contribution is -1.96. The molecule has 6 heteroatoms. The molecule has 2 aromatic rings. The van der Waals surface area contributed by atoms with E-state index in [2.05, 4.69) is 9.97 Å². The highest BCUT2D eigenvalue weighted by Gasteiger charge is 2.10. The van der Waals surface area contributed by atoms with Crippen LogP contribution >= 0.6 is 11.6 Å². The molecule has 94 valence electrons. The van der Waals surface area contributed by atoms with Crippen LogP contribution in [0.3, 0.4) is 0 Å². The van der Waals surface area contributed by atoms with Crippen LogP contribution < -0.4 is 0 Å². The Hall–Kier alpha value is -1.62. The number of nitrogens with zero attached hydrogens (tertiary/aromatic N) is 2. The number of hydrogen-bond donors (Lipinski definition) is 0. The Morgan fingerprint density at radius 3 is 2.56 bits per heavy atom. The summed E-state index contributed by atoms with van der Waals surface area (Å²) in [6, 6.07) is 4.78. The van der Waals surface area contributed by atoms with Crippen molar-refractivity contribution in [2.24, 2.45) is 0 Å². The van der Waals surface area contributed by atoms with Gasteiger partial charge < -0.3 is 0 Å². The van der Waals surface area contributed by atoms with Gasteiger partial charge in [-0.2, -0.15) is 0 Å². The Morgan fingerprint density at radius 1 is 1.11 bits per heavy atom. The van der Waals surface area contributed by atoms with Gasteiger partial charge >= 0.3 is 0 Å². The van der Waals surface area contributed by atoms with Gasteiger partial charge in [0.15, 0.2) is 0 Å². The van der Waals surface area contributed by atoms with Crippen LogP contribution in [0.25, 0.3) is 0 Å². The van der Waals surface area contributed by atoms with Gasteiger partial charge in [-0.3, -0.25) is 0 Å². The molecule has 0 aliphatic heterocycles. The molecule has 0 aliphatic rings. The molecule has 18 heavy (non-hydrogen) atoms. The molecule has 1 heterocycles. The zero-order valence-electron chi connectivity index (χ0n) is 9.08. The van der Waals surface area contributed by atoms with Crippen LogP contribution in [0.5, 0.6) is 0 Å². The van der Waals surface area contributed by atoms with Crippen molar-refractivity contribution in [3.8, 4) is 0 Å². The molecule has 0 saturated heterocycles. The van der Waals surface area contributed by atoms with Gasteiger partial charge in [-0.25, -0.2) is 23.1 Å². The third kappa shape index (κ3) is 3.20. The fourth-order valence-corrected chi connectivity index (χ4v) is 1.75. The number of hydrogen-bond acceptors (Lipinski definition) is 2. The molecule has 0 saturated carbocycles. The zero-order valence-corrected chi connectivity index (χ0v) is 9.83. The minimum absolute atomic E-state index is 0.222. The van der Waals surface area contributed by atoms with E-state index in [-0.39, 0.29) is 17.1 Å². The number of halogens is 4. The minimum atomic E-state index is -2.70. The summed E-state index contributed by atoms with van der Waals surface area (Å²) in [5, 5.41) is 0.255. The van der Waals surface area contributed by atoms with Crippen molar-refractivity contribution in [3.63, 3.8) is 0 Å². The SMILES string of the molecule is Fc1cc(Cc2cc(Cl)ncn2)cc(C(F)F)c1. The Bertz CT molecular complexity index is 561. The van der Waals surface area contributed by atoms with Crippen LogP contribution in [-0.4, -0.2) is 9.97 Å². The van der Waals surface area contributed by atoms with E-state index in [1.165, 1.54) is 24.5 Å². The van der Waals surface area contributed by atoms with Crippen LogP contribution in [0.15, 0.2) is 30.6 Å². The van der Waals surface area contributed by atoms with Gasteiger partial charge in [-0.05, 0) is 29.8 Å². The molecule has 2 rings (SSSR count). The maximum Gasteiger partial charge on any atom is 0.263 e. The quantitative estimate of drug-likeness (QED) is 0.794. The van der Waals surface area contributed by atoms with Crippen LogP contribution in [0.4, 0.5) is 13.2 Å². The first-order chi connectivity index (χ1) is 8.54. The molecule has 0 spiro atoms. The molecule has 0 aliphatic carbocycles. The molecule has 0 fully saturated rings.